The van der Waals surface area contributed by atoms with Gasteiger partial charge in [-0.15, -0.1) is 0 Å². The quantitative estimate of drug-likeness (QED) is 0.759. The van der Waals surface area contributed by atoms with E-state index >= 15 is 0 Å². The molecule has 3 unspecified atom stereocenters. The van der Waals surface area contributed by atoms with Gasteiger partial charge >= 0.3 is 0 Å². The average molecular weight is 215 g/mol. The number of ketones is 1. The molecule has 16 heavy (non-hydrogen) atoms. The molecule has 1 heterocycles. The lowest BCUT2D eigenvalue weighted by molar-refractivity contribution is -0.126. The summed E-state index contributed by atoms with van der Waals surface area (Å²) in [6, 6.07) is 5.97. The summed E-state index contributed by atoms with van der Waals surface area (Å²) < 4.78 is 0. The van der Waals surface area contributed by atoms with Gasteiger partial charge in [0.15, 0.2) is 0 Å². The van der Waals surface area contributed by atoms with Gasteiger partial charge in [0.2, 0.25) is 0 Å². The monoisotopic (exact) mass is 215 g/mol. The average Bonchev–Trinajstić information content (AvgIpc) is 2.70. The van der Waals surface area contributed by atoms with Crippen LogP contribution in [0.1, 0.15) is 31.4 Å². The normalized spacial score (nSPS) is 33.0. The number of rotatable bonds is 2. The highest BCUT2D eigenvalue weighted by Gasteiger charge is 2.40. The summed E-state index contributed by atoms with van der Waals surface area (Å²) >= 11 is 0. The minimum atomic E-state index is 0.258. The van der Waals surface area contributed by atoms with Crippen molar-refractivity contribution in [1.29, 1.82) is 0 Å². The van der Waals surface area contributed by atoms with Crippen LogP contribution in [0, 0.1) is 17.8 Å². The fourth-order valence-corrected chi connectivity index (χ4v) is 3.39. The number of carbonyl (C=O) groups is 1. The maximum atomic E-state index is 12.0. The Balaban J connectivity index is 1.76. The summed E-state index contributed by atoms with van der Waals surface area (Å²) in [4.78, 5) is 16.4. The third-order valence-electron chi connectivity index (χ3n) is 4.21. The Labute approximate surface area is 96.1 Å². The molecule has 1 aromatic heterocycles. The van der Waals surface area contributed by atoms with Gasteiger partial charge in [0.25, 0.3) is 0 Å². The molecule has 0 N–H and O–H groups in total. The first-order chi connectivity index (χ1) is 7.83. The molecule has 2 saturated carbocycles. The molecule has 2 aliphatic rings. The van der Waals surface area contributed by atoms with Crippen LogP contribution in [0.2, 0.25) is 0 Å². The molecule has 0 aromatic carbocycles. The SMILES string of the molecule is O=C1CC2CCC(C2)C1Cc1ccccn1. The first-order valence-corrected chi connectivity index (χ1v) is 6.25. The number of nitrogens with zero attached hydrogens (tertiary/aromatic N) is 1. The number of pyridine rings is 1. The fraction of sp³-hybridized carbons (Fsp3) is 0.571. The molecule has 3 atom stereocenters. The van der Waals surface area contributed by atoms with Crippen molar-refractivity contribution in [1.82, 2.24) is 4.98 Å². The Kier molecular flexibility index (Phi) is 2.50. The van der Waals surface area contributed by atoms with E-state index in [0.29, 0.717) is 17.6 Å². The van der Waals surface area contributed by atoms with E-state index in [2.05, 4.69) is 4.98 Å². The number of hydrogen-bond acceptors (Lipinski definition) is 2. The topological polar surface area (TPSA) is 30.0 Å². The van der Waals surface area contributed by atoms with Crippen LogP contribution in [0.25, 0.3) is 0 Å². The van der Waals surface area contributed by atoms with Crippen LogP contribution >= 0.6 is 0 Å². The summed E-state index contributed by atoms with van der Waals surface area (Å²) in [6.45, 7) is 0. The van der Waals surface area contributed by atoms with Crippen LogP contribution in [0.3, 0.4) is 0 Å². The molecule has 0 amide bonds. The summed E-state index contributed by atoms with van der Waals surface area (Å²) in [5, 5.41) is 0. The predicted octanol–water partition coefficient (Wildman–Crippen LogP) is 2.63. The number of fused-ring (bicyclic) bond motifs is 2. The molecular weight excluding hydrogens is 198 g/mol. The highest BCUT2D eigenvalue weighted by molar-refractivity contribution is 5.82. The summed E-state index contributed by atoms with van der Waals surface area (Å²) in [6.07, 6.45) is 7.32. The van der Waals surface area contributed by atoms with Gasteiger partial charge in [0.05, 0.1) is 0 Å². The van der Waals surface area contributed by atoms with Gasteiger partial charge in [-0.1, -0.05) is 6.07 Å². The zero-order valence-electron chi connectivity index (χ0n) is 9.43. The molecule has 2 aliphatic carbocycles. The van der Waals surface area contributed by atoms with Gasteiger partial charge in [0, 0.05) is 24.2 Å². The fourth-order valence-electron chi connectivity index (χ4n) is 3.39. The minimum Gasteiger partial charge on any atom is -0.299 e. The van der Waals surface area contributed by atoms with E-state index in [-0.39, 0.29) is 5.92 Å². The van der Waals surface area contributed by atoms with Crippen molar-refractivity contribution in [2.75, 3.05) is 0 Å². The molecular formula is C14H17NO. The van der Waals surface area contributed by atoms with Gasteiger partial charge in [-0.3, -0.25) is 9.78 Å². The lowest BCUT2D eigenvalue weighted by Gasteiger charge is -2.27. The molecule has 0 saturated heterocycles. The highest BCUT2D eigenvalue weighted by atomic mass is 16.1. The van der Waals surface area contributed by atoms with Crippen molar-refractivity contribution < 1.29 is 4.79 Å². The maximum absolute atomic E-state index is 12.0. The molecule has 3 rings (SSSR count). The smallest absolute Gasteiger partial charge is 0.136 e. The number of Topliss-reactive ketones (excluding diaryl/α,β-unsaturated/α-hetero) is 1. The zero-order chi connectivity index (χ0) is 11.0. The standard InChI is InChI=1S/C14H17NO/c16-14-8-10-4-5-11(7-10)13(14)9-12-3-1-2-6-15-12/h1-3,6,10-11,13H,4-5,7-9H2. The second-order valence-corrected chi connectivity index (χ2v) is 5.24. The molecule has 1 aromatic rings. The molecule has 2 fully saturated rings. The van der Waals surface area contributed by atoms with E-state index in [1.807, 2.05) is 24.4 Å². The largest absolute Gasteiger partial charge is 0.299 e. The van der Waals surface area contributed by atoms with Crippen molar-refractivity contribution in [3.63, 3.8) is 0 Å². The number of hydrogen-bond donors (Lipinski definition) is 0. The van der Waals surface area contributed by atoms with Gasteiger partial charge in [-0.05, 0) is 49.7 Å². The molecule has 0 radical (unpaired) electrons. The Morgan fingerprint density at radius 3 is 3.06 bits per heavy atom. The van der Waals surface area contributed by atoms with Crippen LogP contribution in [0.5, 0.6) is 0 Å². The first kappa shape index (κ1) is 10.0. The highest BCUT2D eigenvalue weighted by Crippen LogP contribution is 2.44. The zero-order valence-corrected chi connectivity index (χ0v) is 9.43. The lowest BCUT2D eigenvalue weighted by atomic mass is 9.76. The molecule has 2 nitrogen and oxygen atoms in total. The van der Waals surface area contributed by atoms with E-state index in [4.69, 9.17) is 0 Å². The van der Waals surface area contributed by atoms with Crippen LogP contribution in [0.4, 0.5) is 0 Å². The van der Waals surface area contributed by atoms with E-state index in [0.717, 1.165) is 18.5 Å². The van der Waals surface area contributed by atoms with Gasteiger partial charge in [0.1, 0.15) is 5.78 Å². The second kappa shape index (κ2) is 4.00. The van der Waals surface area contributed by atoms with Crippen molar-refractivity contribution in [3.05, 3.63) is 30.1 Å². The molecule has 0 aliphatic heterocycles. The Hall–Kier alpha value is -1.18. The van der Waals surface area contributed by atoms with Gasteiger partial charge < -0.3 is 0 Å². The third-order valence-corrected chi connectivity index (χ3v) is 4.21. The first-order valence-electron chi connectivity index (χ1n) is 6.25. The summed E-state index contributed by atoms with van der Waals surface area (Å²) in [7, 11) is 0. The van der Waals surface area contributed by atoms with Gasteiger partial charge in [-0.25, -0.2) is 0 Å². The Morgan fingerprint density at radius 1 is 1.31 bits per heavy atom. The van der Waals surface area contributed by atoms with Crippen molar-refractivity contribution in [2.24, 2.45) is 17.8 Å². The van der Waals surface area contributed by atoms with Crippen LogP contribution < -0.4 is 0 Å². The molecule has 2 bridgehead atoms. The second-order valence-electron chi connectivity index (χ2n) is 5.24. The van der Waals surface area contributed by atoms with E-state index in [9.17, 15) is 4.79 Å². The van der Waals surface area contributed by atoms with Crippen molar-refractivity contribution in [2.45, 2.75) is 32.1 Å². The van der Waals surface area contributed by atoms with Crippen molar-refractivity contribution >= 4 is 5.78 Å². The molecule has 0 spiro atoms. The van der Waals surface area contributed by atoms with E-state index in [1.54, 1.807) is 0 Å². The van der Waals surface area contributed by atoms with Crippen LogP contribution in [-0.4, -0.2) is 10.8 Å². The minimum absolute atomic E-state index is 0.258. The molecule has 84 valence electrons. The number of carbonyl (C=O) groups excluding carboxylic acids is 1. The van der Waals surface area contributed by atoms with E-state index < -0.39 is 0 Å². The number of aromatic nitrogens is 1. The van der Waals surface area contributed by atoms with Crippen LogP contribution in [-0.2, 0) is 11.2 Å². The van der Waals surface area contributed by atoms with Gasteiger partial charge in [-0.2, -0.15) is 0 Å². The predicted molar refractivity (Wildman–Crippen MR) is 61.9 cm³/mol. The summed E-state index contributed by atoms with van der Waals surface area (Å²) in [5.74, 6) is 2.10. The maximum Gasteiger partial charge on any atom is 0.136 e. The van der Waals surface area contributed by atoms with Crippen molar-refractivity contribution in [3.8, 4) is 0 Å². The Bertz CT molecular complexity index is 387. The third kappa shape index (κ3) is 1.77. The van der Waals surface area contributed by atoms with E-state index in [1.165, 1.54) is 19.3 Å². The summed E-state index contributed by atoms with van der Waals surface area (Å²) in [5.41, 5.74) is 1.08. The molecule has 2 heteroatoms. The van der Waals surface area contributed by atoms with Crippen LogP contribution in [0.15, 0.2) is 24.4 Å². The lowest BCUT2D eigenvalue weighted by Crippen LogP contribution is -2.29. The Morgan fingerprint density at radius 2 is 2.25 bits per heavy atom.